The van der Waals surface area contributed by atoms with Crippen LogP contribution in [0.25, 0.3) is 28.1 Å². The monoisotopic (exact) mass is 454 g/mol. The molecule has 1 aliphatic rings. The average Bonchev–Trinajstić information content (AvgIpc) is 3.28. The molecule has 0 saturated heterocycles. The maximum atomic E-state index is 10.9. The van der Waals surface area contributed by atoms with Crippen molar-refractivity contribution < 1.29 is 9.90 Å². The zero-order valence-electron chi connectivity index (χ0n) is 18.0. The smallest absolute Gasteiger partial charge is 0.328 e. The Morgan fingerprint density at radius 2 is 1.76 bits per heavy atom. The van der Waals surface area contributed by atoms with Gasteiger partial charge in [-0.2, -0.15) is 5.10 Å². The number of aliphatic carboxylic acids is 1. The number of hydrogen-bond donors (Lipinski definition) is 2. The minimum absolute atomic E-state index is 0.463. The molecule has 1 aliphatic carbocycles. The third-order valence-corrected chi connectivity index (χ3v) is 6.72. The van der Waals surface area contributed by atoms with Crippen molar-refractivity contribution in [2.75, 3.05) is 0 Å². The molecule has 4 aromatic rings. The van der Waals surface area contributed by atoms with Crippen LogP contribution >= 0.6 is 11.6 Å². The number of aromatic nitrogens is 2. The number of carbonyl (C=O) groups is 1. The van der Waals surface area contributed by atoms with Crippen molar-refractivity contribution >= 4 is 45.7 Å². The summed E-state index contributed by atoms with van der Waals surface area (Å²) in [7, 11) is 0. The Labute approximate surface area is 197 Å². The van der Waals surface area contributed by atoms with Crippen molar-refractivity contribution in [2.24, 2.45) is 5.92 Å². The van der Waals surface area contributed by atoms with Crippen LogP contribution in [0.4, 0.5) is 0 Å². The quantitative estimate of drug-likeness (QED) is 0.242. The predicted molar refractivity (Wildman–Crippen MR) is 134 cm³/mol. The lowest BCUT2D eigenvalue weighted by Gasteiger charge is -2.32. The van der Waals surface area contributed by atoms with Crippen LogP contribution < -0.4 is 0 Å². The van der Waals surface area contributed by atoms with Crippen LogP contribution in [0, 0.1) is 5.92 Å². The van der Waals surface area contributed by atoms with Crippen LogP contribution in [-0.2, 0) is 4.79 Å². The summed E-state index contributed by atoms with van der Waals surface area (Å²) in [6, 6.07) is 22.6. The largest absolute Gasteiger partial charge is 0.478 e. The number of allylic oxidation sites excluding steroid dienone is 1. The minimum Gasteiger partial charge on any atom is -0.478 e. The first-order chi connectivity index (χ1) is 16.1. The van der Waals surface area contributed by atoms with Crippen molar-refractivity contribution in [2.45, 2.75) is 19.3 Å². The molecule has 0 aliphatic heterocycles. The molecule has 2 N–H and O–H groups in total. The Morgan fingerprint density at radius 3 is 2.42 bits per heavy atom. The molecule has 5 rings (SSSR count). The normalized spacial score (nSPS) is 14.9. The van der Waals surface area contributed by atoms with Gasteiger partial charge in [-0.05, 0) is 58.7 Å². The van der Waals surface area contributed by atoms with Gasteiger partial charge in [0.25, 0.3) is 0 Å². The zero-order chi connectivity index (χ0) is 22.8. The summed E-state index contributed by atoms with van der Waals surface area (Å²) in [4.78, 5) is 10.9. The molecule has 0 unspecified atom stereocenters. The summed E-state index contributed by atoms with van der Waals surface area (Å²) in [6.45, 7) is 0. The third kappa shape index (κ3) is 4.22. The van der Waals surface area contributed by atoms with E-state index < -0.39 is 5.97 Å². The number of nitrogens with one attached hydrogen (secondary N) is 1. The van der Waals surface area contributed by atoms with Crippen molar-refractivity contribution in [3.05, 3.63) is 106 Å². The second-order valence-electron chi connectivity index (χ2n) is 8.33. The van der Waals surface area contributed by atoms with E-state index in [1.165, 1.54) is 17.6 Å². The third-order valence-electron chi connectivity index (χ3n) is 6.31. The van der Waals surface area contributed by atoms with E-state index in [0.29, 0.717) is 10.9 Å². The first kappa shape index (κ1) is 21.2. The first-order valence-corrected chi connectivity index (χ1v) is 11.4. The van der Waals surface area contributed by atoms with E-state index in [-0.39, 0.29) is 0 Å². The maximum absolute atomic E-state index is 10.9. The summed E-state index contributed by atoms with van der Waals surface area (Å²) < 4.78 is 0. The van der Waals surface area contributed by atoms with E-state index in [0.717, 1.165) is 52.1 Å². The van der Waals surface area contributed by atoms with E-state index in [1.807, 2.05) is 36.4 Å². The van der Waals surface area contributed by atoms with Gasteiger partial charge in [0, 0.05) is 17.0 Å². The number of nitrogens with zero attached hydrogens (tertiary/aromatic N) is 1. The molecule has 0 atom stereocenters. The van der Waals surface area contributed by atoms with Crippen molar-refractivity contribution in [3.8, 4) is 0 Å². The molecule has 4 nitrogen and oxygen atoms in total. The van der Waals surface area contributed by atoms with Gasteiger partial charge in [-0.25, -0.2) is 4.79 Å². The molecule has 0 radical (unpaired) electrons. The highest BCUT2D eigenvalue weighted by Gasteiger charge is 2.28. The van der Waals surface area contributed by atoms with Gasteiger partial charge >= 0.3 is 5.97 Å². The molecule has 1 aromatic heterocycles. The van der Waals surface area contributed by atoms with Crippen LogP contribution in [0.5, 0.6) is 0 Å². The van der Waals surface area contributed by atoms with Crippen molar-refractivity contribution in [1.82, 2.24) is 10.2 Å². The fourth-order valence-electron chi connectivity index (χ4n) is 4.46. The Hall–Kier alpha value is -3.63. The second-order valence-corrected chi connectivity index (χ2v) is 8.71. The summed E-state index contributed by atoms with van der Waals surface area (Å²) in [5, 5.41) is 17.7. The van der Waals surface area contributed by atoms with Crippen LogP contribution in [-0.4, -0.2) is 21.3 Å². The molecule has 0 amide bonds. The van der Waals surface area contributed by atoms with Gasteiger partial charge in [-0.1, -0.05) is 78.7 Å². The lowest BCUT2D eigenvalue weighted by Crippen LogP contribution is -2.15. The number of benzene rings is 3. The van der Waals surface area contributed by atoms with E-state index in [4.69, 9.17) is 16.7 Å². The van der Waals surface area contributed by atoms with Crippen LogP contribution in [0.2, 0.25) is 5.02 Å². The summed E-state index contributed by atoms with van der Waals surface area (Å²) >= 11 is 6.97. The fraction of sp³-hybridized carbons (Fsp3) is 0.143. The number of hydrogen-bond acceptors (Lipinski definition) is 2. The minimum atomic E-state index is -0.962. The number of carboxylic acid groups (broad SMARTS) is 1. The van der Waals surface area contributed by atoms with E-state index in [9.17, 15) is 4.79 Å². The SMILES string of the molecule is O=C(O)C=Cc1ccc(C(=C(c2ccccc2)C2CCC2)c2ccc3[nH]ncc3c2Cl)cc1. The Balaban J connectivity index is 1.75. The van der Waals surface area contributed by atoms with Crippen molar-refractivity contribution in [3.63, 3.8) is 0 Å². The van der Waals surface area contributed by atoms with Crippen LogP contribution in [0.3, 0.4) is 0 Å². The van der Waals surface area contributed by atoms with Gasteiger partial charge in [0.1, 0.15) is 0 Å². The topological polar surface area (TPSA) is 66.0 Å². The molecule has 3 aromatic carbocycles. The van der Waals surface area contributed by atoms with Gasteiger partial charge in [-0.15, -0.1) is 0 Å². The van der Waals surface area contributed by atoms with Gasteiger partial charge < -0.3 is 5.11 Å². The lowest BCUT2D eigenvalue weighted by atomic mass is 9.73. The number of rotatable bonds is 6. The number of fused-ring (bicyclic) bond motifs is 1. The highest BCUT2D eigenvalue weighted by atomic mass is 35.5. The molecular formula is C28H23ClN2O2. The lowest BCUT2D eigenvalue weighted by molar-refractivity contribution is -0.131. The molecule has 33 heavy (non-hydrogen) atoms. The Bertz CT molecular complexity index is 1360. The van der Waals surface area contributed by atoms with E-state index in [2.05, 4.69) is 40.5 Å². The van der Waals surface area contributed by atoms with E-state index in [1.54, 1.807) is 12.3 Å². The van der Waals surface area contributed by atoms with Crippen LogP contribution in [0.15, 0.2) is 79.0 Å². The average molecular weight is 455 g/mol. The summed E-state index contributed by atoms with van der Waals surface area (Å²) in [5.74, 6) is -0.499. The predicted octanol–water partition coefficient (Wildman–Crippen LogP) is 7.07. The molecular weight excluding hydrogens is 432 g/mol. The van der Waals surface area contributed by atoms with Gasteiger partial charge in [0.05, 0.1) is 16.7 Å². The number of aromatic amines is 1. The summed E-state index contributed by atoms with van der Waals surface area (Å²) in [5.41, 5.74) is 7.40. The highest BCUT2D eigenvalue weighted by Crippen LogP contribution is 2.46. The Morgan fingerprint density at radius 1 is 1.00 bits per heavy atom. The second kappa shape index (κ2) is 9.08. The molecule has 1 saturated carbocycles. The number of H-pyrrole nitrogens is 1. The van der Waals surface area contributed by atoms with E-state index >= 15 is 0 Å². The Kier molecular flexibility index (Phi) is 5.84. The number of carboxylic acids is 1. The van der Waals surface area contributed by atoms with Gasteiger partial charge in [-0.3, -0.25) is 5.10 Å². The van der Waals surface area contributed by atoms with Crippen LogP contribution in [0.1, 0.15) is 41.5 Å². The van der Waals surface area contributed by atoms with Gasteiger partial charge in [0.2, 0.25) is 0 Å². The molecule has 1 heterocycles. The zero-order valence-corrected chi connectivity index (χ0v) is 18.7. The summed E-state index contributed by atoms with van der Waals surface area (Å²) in [6.07, 6.45) is 8.05. The standard InChI is InChI=1S/C28H23ClN2O2/c29-28-22(14-15-24-23(28)17-30-31-24)27(21-12-9-18(10-13-21)11-16-25(32)33)26(20-7-4-8-20)19-5-2-1-3-6-19/h1-3,5-6,9-17,20H,4,7-8H2,(H,30,31)(H,32,33). The number of halogens is 1. The molecule has 164 valence electrons. The molecule has 0 bridgehead atoms. The highest BCUT2D eigenvalue weighted by molar-refractivity contribution is 6.37. The van der Waals surface area contributed by atoms with Crippen molar-refractivity contribution in [1.29, 1.82) is 0 Å². The molecule has 1 fully saturated rings. The first-order valence-electron chi connectivity index (χ1n) is 11.0. The van der Waals surface area contributed by atoms with Gasteiger partial charge in [0.15, 0.2) is 0 Å². The maximum Gasteiger partial charge on any atom is 0.328 e. The molecule has 5 heteroatoms. The fourth-order valence-corrected chi connectivity index (χ4v) is 4.77. The molecule has 0 spiro atoms.